The lowest BCUT2D eigenvalue weighted by atomic mass is 9.98. The SMILES string of the molecule is Nc1ncccc1C(=O)N1CCCC(CO)C1. The number of likely N-dealkylation sites (tertiary alicyclic amines) is 1. The molecule has 3 N–H and O–H groups in total. The van der Waals surface area contributed by atoms with Gasteiger partial charge in [-0.2, -0.15) is 0 Å². The molecule has 92 valence electrons. The summed E-state index contributed by atoms with van der Waals surface area (Å²) in [5.41, 5.74) is 6.14. The van der Waals surface area contributed by atoms with Crippen LogP contribution in [0.5, 0.6) is 0 Å². The largest absolute Gasteiger partial charge is 0.396 e. The normalized spacial score (nSPS) is 20.3. The Hall–Kier alpha value is -1.62. The second-order valence-electron chi connectivity index (χ2n) is 4.38. The van der Waals surface area contributed by atoms with E-state index < -0.39 is 0 Å². The van der Waals surface area contributed by atoms with Crippen LogP contribution in [-0.2, 0) is 0 Å². The van der Waals surface area contributed by atoms with Crippen molar-refractivity contribution in [1.29, 1.82) is 0 Å². The fourth-order valence-corrected chi connectivity index (χ4v) is 2.17. The Labute approximate surface area is 100 Å². The molecule has 0 bridgehead atoms. The third kappa shape index (κ3) is 2.55. The maximum absolute atomic E-state index is 12.2. The Morgan fingerprint density at radius 1 is 1.65 bits per heavy atom. The smallest absolute Gasteiger partial charge is 0.257 e. The van der Waals surface area contributed by atoms with Crippen LogP contribution in [0.15, 0.2) is 18.3 Å². The van der Waals surface area contributed by atoms with E-state index in [-0.39, 0.29) is 24.2 Å². The third-order valence-electron chi connectivity index (χ3n) is 3.13. The Balaban J connectivity index is 2.12. The summed E-state index contributed by atoms with van der Waals surface area (Å²) in [6.45, 7) is 1.46. The molecule has 0 spiro atoms. The standard InChI is InChI=1S/C12H17N3O2/c13-11-10(4-1-5-14-11)12(17)15-6-2-3-9(7-15)8-16/h1,4-5,9,16H,2-3,6-8H2,(H2,13,14). The van der Waals surface area contributed by atoms with Crippen LogP contribution < -0.4 is 5.73 Å². The molecule has 0 aromatic carbocycles. The van der Waals surface area contributed by atoms with E-state index in [1.807, 2.05) is 0 Å². The molecule has 0 radical (unpaired) electrons. The fraction of sp³-hybridized carbons (Fsp3) is 0.500. The molecule has 0 aliphatic carbocycles. The number of rotatable bonds is 2. The number of piperidine rings is 1. The van der Waals surface area contributed by atoms with E-state index in [9.17, 15) is 4.79 Å². The maximum Gasteiger partial charge on any atom is 0.257 e. The molecule has 2 rings (SSSR count). The molecule has 1 aromatic rings. The minimum Gasteiger partial charge on any atom is -0.396 e. The summed E-state index contributed by atoms with van der Waals surface area (Å²) in [5, 5.41) is 9.14. The molecular formula is C12H17N3O2. The summed E-state index contributed by atoms with van der Waals surface area (Å²) < 4.78 is 0. The maximum atomic E-state index is 12.2. The number of pyridine rings is 1. The lowest BCUT2D eigenvalue weighted by Gasteiger charge is -2.32. The lowest BCUT2D eigenvalue weighted by molar-refractivity contribution is 0.0621. The Bertz CT molecular complexity index is 408. The van der Waals surface area contributed by atoms with Gasteiger partial charge in [0.05, 0.1) is 5.56 Å². The van der Waals surface area contributed by atoms with Crippen LogP contribution in [0, 0.1) is 5.92 Å². The summed E-state index contributed by atoms with van der Waals surface area (Å²) in [6.07, 6.45) is 3.47. The van der Waals surface area contributed by atoms with Gasteiger partial charge < -0.3 is 15.7 Å². The topological polar surface area (TPSA) is 79.5 Å². The first-order valence-corrected chi connectivity index (χ1v) is 5.83. The zero-order chi connectivity index (χ0) is 12.3. The van der Waals surface area contributed by atoms with Crippen molar-refractivity contribution in [2.75, 3.05) is 25.4 Å². The van der Waals surface area contributed by atoms with Crippen molar-refractivity contribution in [2.45, 2.75) is 12.8 Å². The van der Waals surface area contributed by atoms with Gasteiger partial charge in [-0.05, 0) is 30.9 Å². The average Bonchev–Trinajstić information content (AvgIpc) is 2.38. The minimum atomic E-state index is -0.0891. The highest BCUT2D eigenvalue weighted by Gasteiger charge is 2.25. The number of carbonyl (C=O) groups excluding carboxylic acids is 1. The van der Waals surface area contributed by atoms with Crippen LogP contribution in [0.2, 0.25) is 0 Å². The molecule has 1 aliphatic heterocycles. The summed E-state index contributed by atoms with van der Waals surface area (Å²) >= 11 is 0. The molecule has 1 amide bonds. The molecule has 1 fully saturated rings. The second kappa shape index (κ2) is 5.14. The van der Waals surface area contributed by atoms with E-state index in [1.54, 1.807) is 23.2 Å². The van der Waals surface area contributed by atoms with Gasteiger partial charge in [-0.15, -0.1) is 0 Å². The molecule has 1 atom stereocenters. The number of nitrogens with zero attached hydrogens (tertiary/aromatic N) is 2. The highest BCUT2D eigenvalue weighted by atomic mass is 16.3. The molecule has 0 saturated carbocycles. The van der Waals surface area contributed by atoms with Crippen molar-refractivity contribution < 1.29 is 9.90 Å². The van der Waals surface area contributed by atoms with Crippen molar-refractivity contribution in [1.82, 2.24) is 9.88 Å². The summed E-state index contributed by atoms with van der Waals surface area (Å²) in [4.78, 5) is 17.9. The molecule has 1 aliphatic rings. The molecule has 2 heterocycles. The van der Waals surface area contributed by atoms with Gasteiger partial charge >= 0.3 is 0 Å². The van der Waals surface area contributed by atoms with Gasteiger partial charge in [-0.1, -0.05) is 0 Å². The van der Waals surface area contributed by atoms with Gasteiger partial charge in [-0.3, -0.25) is 4.79 Å². The number of aliphatic hydroxyl groups is 1. The number of hydrogen-bond acceptors (Lipinski definition) is 4. The predicted octanol–water partition coefficient (Wildman–Crippen LogP) is 0.508. The van der Waals surface area contributed by atoms with Crippen molar-refractivity contribution in [3.8, 4) is 0 Å². The van der Waals surface area contributed by atoms with Crippen LogP contribution in [0.25, 0.3) is 0 Å². The third-order valence-corrected chi connectivity index (χ3v) is 3.13. The van der Waals surface area contributed by atoms with Crippen molar-refractivity contribution in [3.63, 3.8) is 0 Å². The lowest BCUT2D eigenvalue weighted by Crippen LogP contribution is -2.41. The number of carbonyl (C=O) groups is 1. The molecule has 1 unspecified atom stereocenters. The number of nitrogen functional groups attached to an aromatic ring is 1. The van der Waals surface area contributed by atoms with Gasteiger partial charge in [0.2, 0.25) is 0 Å². The van der Waals surface area contributed by atoms with Crippen LogP contribution in [0.4, 0.5) is 5.82 Å². The van der Waals surface area contributed by atoms with Gasteiger partial charge in [0.15, 0.2) is 0 Å². The number of hydrogen-bond donors (Lipinski definition) is 2. The van der Waals surface area contributed by atoms with Crippen LogP contribution in [0.3, 0.4) is 0 Å². The first-order valence-electron chi connectivity index (χ1n) is 5.83. The average molecular weight is 235 g/mol. The van der Waals surface area contributed by atoms with Crippen LogP contribution in [-0.4, -0.2) is 40.6 Å². The molecule has 5 heteroatoms. The first kappa shape index (κ1) is 11.9. The Kier molecular flexibility index (Phi) is 3.58. The van der Waals surface area contributed by atoms with Gasteiger partial charge in [0.1, 0.15) is 5.82 Å². The summed E-state index contributed by atoms with van der Waals surface area (Å²) in [7, 11) is 0. The van der Waals surface area contributed by atoms with Gasteiger partial charge in [0, 0.05) is 25.9 Å². The zero-order valence-electron chi connectivity index (χ0n) is 9.67. The number of aliphatic hydroxyl groups excluding tert-OH is 1. The molecule has 1 aromatic heterocycles. The monoisotopic (exact) mass is 235 g/mol. The van der Waals surface area contributed by atoms with E-state index in [1.165, 1.54) is 0 Å². The minimum absolute atomic E-state index is 0.0891. The molecule has 17 heavy (non-hydrogen) atoms. The Morgan fingerprint density at radius 2 is 2.47 bits per heavy atom. The van der Waals surface area contributed by atoms with E-state index >= 15 is 0 Å². The predicted molar refractivity (Wildman–Crippen MR) is 64.4 cm³/mol. The number of amides is 1. The van der Waals surface area contributed by atoms with E-state index in [4.69, 9.17) is 10.8 Å². The highest BCUT2D eigenvalue weighted by Crippen LogP contribution is 2.19. The van der Waals surface area contributed by atoms with Crippen molar-refractivity contribution in [2.24, 2.45) is 5.92 Å². The van der Waals surface area contributed by atoms with Gasteiger partial charge in [-0.25, -0.2) is 4.98 Å². The summed E-state index contributed by atoms with van der Waals surface area (Å²) in [6, 6.07) is 3.39. The van der Waals surface area contributed by atoms with E-state index in [0.29, 0.717) is 12.1 Å². The van der Waals surface area contributed by atoms with Crippen molar-refractivity contribution in [3.05, 3.63) is 23.9 Å². The number of nitrogens with two attached hydrogens (primary N) is 1. The van der Waals surface area contributed by atoms with Crippen LogP contribution >= 0.6 is 0 Å². The van der Waals surface area contributed by atoms with E-state index in [0.717, 1.165) is 19.4 Å². The molecule has 5 nitrogen and oxygen atoms in total. The number of anilines is 1. The quantitative estimate of drug-likeness (QED) is 0.782. The highest BCUT2D eigenvalue weighted by molar-refractivity contribution is 5.98. The Morgan fingerprint density at radius 3 is 3.18 bits per heavy atom. The number of aromatic nitrogens is 1. The van der Waals surface area contributed by atoms with Crippen molar-refractivity contribution >= 4 is 11.7 Å². The van der Waals surface area contributed by atoms with Gasteiger partial charge in [0.25, 0.3) is 5.91 Å². The zero-order valence-corrected chi connectivity index (χ0v) is 9.67. The molecular weight excluding hydrogens is 218 g/mol. The van der Waals surface area contributed by atoms with E-state index in [2.05, 4.69) is 4.98 Å². The first-order chi connectivity index (χ1) is 8.22. The fourth-order valence-electron chi connectivity index (χ4n) is 2.17. The molecule has 1 saturated heterocycles. The summed E-state index contributed by atoms with van der Waals surface area (Å²) in [5.74, 6) is 0.364. The second-order valence-corrected chi connectivity index (χ2v) is 4.38. The van der Waals surface area contributed by atoms with Crippen LogP contribution in [0.1, 0.15) is 23.2 Å².